The molecule has 0 saturated heterocycles. The maximum absolute atomic E-state index is 9.77. The Morgan fingerprint density at radius 3 is 1.20 bits per heavy atom. The van der Waals surface area contributed by atoms with E-state index in [1.807, 2.05) is 0 Å². The molecule has 0 aromatic carbocycles. The zero-order valence-electron chi connectivity index (χ0n) is 7.93. The molecule has 7 nitrogen and oxygen atoms in total. The number of carbonyl (C=O) groups is 3. The van der Waals surface area contributed by atoms with E-state index in [1.54, 1.807) is 0 Å². The van der Waals surface area contributed by atoms with Crippen LogP contribution in [0.25, 0.3) is 0 Å². The smallest absolute Gasteiger partial charge is 0.0826 e. The monoisotopic (exact) mass is 219 g/mol. The number of hydrogen-bond acceptors (Lipinski definition) is 7. The summed E-state index contributed by atoms with van der Waals surface area (Å²) in [6.45, 7) is -0.889. The van der Waals surface area contributed by atoms with E-state index >= 15 is 0 Å². The lowest BCUT2D eigenvalue weighted by atomic mass is 10.2. The number of hydrogen-bond donors (Lipinski definition) is 1. The van der Waals surface area contributed by atoms with Crippen LogP contribution in [0.2, 0.25) is 0 Å². The lowest BCUT2D eigenvalue weighted by Gasteiger charge is -2.01. The molecule has 0 radical (unpaired) electrons. The molecule has 0 spiro atoms. The number of carbonyl (C=O) groups excluding carboxylic acids is 3. The highest BCUT2D eigenvalue weighted by molar-refractivity contribution is 5.65. The van der Waals surface area contributed by atoms with E-state index in [9.17, 15) is 19.8 Å². The van der Waals surface area contributed by atoms with Gasteiger partial charge in [-0.05, 0) is 25.7 Å². The Morgan fingerprint density at radius 1 is 0.800 bits per heavy atom. The van der Waals surface area contributed by atoms with E-state index in [4.69, 9.17) is 15.0 Å². The fourth-order valence-electron chi connectivity index (χ4n) is 0.539. The van der Waals surface area contributed by atoms with Crippen LogP contribution in [0, 0.1) is 0 Å². The van der Waals surface area contributed by atoms with Crippen LogP contribution >= 0.6 is 0 Å². The van der Waals surface area contributed by atoms with Crippen LogP contribution in [-0.2, 0) is 14.4 Å². The normalized spacial score (nSPS) is 8.60. The topological polar surface area (TPSA) is 141 Å². The number of rotatable bonds is 6. The average molecular weight is 219 g/mol. The summed E-state index contributed by atoms with van der Waals surface area (Å²) in [5.74, 6) is -3.72. The predicted octanol–water partition coefficient (Wildman–Crippen LogP) is -4.22. The van der Waals surface area contributed by atoms with Crippen molar-refractivity contribution in [3.8, 4) is 0 Å². The van der Waals surface area contributed by atoms with Crippen LogP contribution in [0.3, 0.4) is 0 Å². The van der Waals surface area contributed by atoms with Crippen LogP contribution in [0.15, 0.2) is 0 Å². The fraction of sp³-hybridized carbons (Fsp3) is 0.625. The second-order valence-electron chi connectivity index (χ2n) is 2.48. The van der Waals surface area contributed by atoms with Crippen molar-refractivity contribution in [2.24, 2.45) is 0 Å². The van der Waals surface area contributed by atoms with Gasteiger partial charge in [-0.1, -0.05) is 0 Å². The molecule has 0 heterocycles. The second kappa shape index (κ2) is 10.5. The van der Waals surface area contributed by atoms with Crippen LogP contribution in [0.5, 0.6) is 0 Å². The SMILES string of the molecule is O=C([O-])CCCCC(=O)[O-].O=C([O-])CO. The summed E-state index contributed by atoms with van der Waals surface area (Å²) in [5, 5.41) is 36.0. The minimum atomic E-state index is -1.44. The van der Waals surface area contributed by atoms with Crippen LogP contribution in [0.4, 0.5) is 0 Å². The Morgan fingerprint density at radius 2 is 1.07 bits per heavy atom. The van der Waals surface area contributed by atoms with Crippen molar-refractivity contribution in [2.75, 3.05) is 6.61 Å². The summed E-state index contributed by atoms with van der Waals surface area (Å²) >= 11 is 0. The largest absolute Gasteiger partial charge is 0.550 e. The first-order valence-corrected chi connectivity index (χ1v) is 4.10. The predicted molar refractivity (Wildman–Crippen MR) is 40.6 cm³/mol. The second-order valence-corrected chi connectivity index (χ2v) is 2.48. The average Bonchev–Trinajstić information content (AvgIpc) is 2.13. The van der Waals surface area contributed by atoms with Crippen molar-refractivity contribution in [3.63, 3.8) is 0 Å². The first kappa shape index (κ1) is 15.8. The summed E-state index contributed by atoms with van der Waals surface area (Å²) in [6, 6.07) is 0. The molecular weight excluding hydrogens is 208 g/mol. The summed E-state index contributed by atoms with van der Waals surface area (Å²) in [4.78, 5) is 28.5. The van der Waals surface area contributed by atoms with Gasteiger partial charge in [-0.3, -0.25) is 0 Å². The molecule has 0 fully saturated rings. The number of carboxylic acid groups (broad SMARTS) is 3. The Hall–Kier alpha value is -1.63. The van der Waals surface area contributed by atoms with Gasteiger partial charge in [0.1, 0.15) is 0 Å². The van der Waals surface area contributed by atoms with Gasteiger partial charge < -0.3 is 34.8 Å². The van der Waals surface area contributed by atoms with E-state index < -0.39 is 24.5 Å². The molecule has 0 amide bonds. The highest BCUT2D eigenvalue weighted by Gasteiger charge is 1.89. The molecule has 0 unspecified atom stereocenters. The molecule has 0 aliphatic carbocycles. The van der Waals surface area contributed by atoms with Gasteiger partial charge in [0.05, 0.1) is 12.6 Å². The van der Waals surface area contributed by atoms with Crippen LogP contribution < -0.4 is 15.3 Å². The first-order chi connectivity index (χ1) is 6.90. The lowest BCUT2D eigenvalue weighted by molar-refractivity contribution is -0.308. The van der Waals surface area contributed by atoms with Gasteiger partial charge in [-0.25, -0.2) is 0 Å². The van der Waals surface area contributed by atoms with Crippen LogP contribution in [0.1, 0.15) is 25.7 Å². The maximum Gasteiger partial charge on any atom is 0.0826 e. The summed E-state index contributed by atoms with van der Waals surface area (Å²) in [5.41, 5.74) is 0. The highest BCUT2D eigenvalue weighted by Crippen LogP contribution is 1.96. The molecular formula is C8H11O7-3. The van der Waals surface area contributed by atoms with E-state index in [0.717, 1.165) is 0 Å². The van der Waals surface area contributed by atoms with Crippen molar-refractivity contribution in [3.05, 3.63) is 0 Å². The molecule has 0 saturated carbocycles. The number of carboxylic acids is 3. The zero-order chi connectivity index (χ0) is 12.3. The number of aliphatic hydroxyl groups excluding tert-OH is 1. The number of unbranched alkanes of at least 4 members (excludes halogenated alkanes) is 1. The first-order valence-electron chi connectivity index (χ1n) is 4.10. The third-order valence-corrected chi connectivity index (χ3v) is 1.14. The number of aliphatic carboxylic acids is 3. The molecule has 0 bridgehead atoms. The Kier molecular flexibility index (Phi) is 11.0. The molecule has 0 aromatic rings. The van der Waals surface area contributed by atoms with Crippen molar-refractivity contribution in [1.82, 2.24) is 0 Å². The van der Waals surface area contributed by atoms with Gasteiger partial charge in [0.25, 0.3) is 0 Å². The Balaban J connectivity index is 0. The van der Waals surface area contributed by atoms with Crippen molar-refractivity contribution in [2.45, 2.75) is 25.7 Å². The Bertz CT molecular complexity index is 195. The minimum absolute atomic E-state index is 0.0761. The molecule has 15 heavy (non-hydrogen) atoms. The molecule has 7 heteroatoms. The van der Waals surface area contributed by atoms with Crippen molar-refractivity contribution in [1.29, 1.82) is 0 Å². The van der Waals surface area contributed by atoms with Crippen molar-refractivity contribution >= 4 is 17.9 Å². The minimum Gasteiger partial charge on any atom is -0.550 e. The van der Waals surface area contributed by atoms with E-state index in [1.165, 1.54) is 0 Å². The quantitative estimate of drug-likeness (QED) is 0.446. The molecule has 1 N–H and O–H groups in total. The van der Waals surface area contributed by atoms with Crippen molar-refractivity contribution < 1.29 is 34.8 Å². The molecule has 88 valence electrons. The summed E-state index contributed by atoms with van der Waals surface area (Å²) < 4.78 is 0. The van der Waals surface area contributed by atoms with Crippen LogP contribution in [-0.4, -0.2) is 29.6 Å². The van der Waals surface area contributed by atoms with Gasteiger partial charge in [-0.2, -0.15) is 0 Å². The molecule has 0 aliphatic rings. The molecule has 0 aromatic heterocycles. The van der Waals surface area contributed by atoms with Gasteiger partial charge >= 0.3 is 0 Å². The van der Waals surface area contributed by atoms with Gasteiger partial charge in [0.15, 0.2) is 0 Å². The third kappa shape index (κ3) is 24.5. The number of aliphatic hydroxyl groups is 1. The summed E-state index contributed by atoms with van der Waals surface area (Å²) in [7, 11) is 0. The third-order valence-electron chi connectivity index (χ3n) is 1.14. The Labute approximate surface area is 86.0 Å². The lowest BCUT2D eigenvalue weighted by Crippen LogP contribution is -2.25. The maximum atomic E-state index is 9.77. The molecule has 0 atom stereocenters. The fourth-order valence-corrected chi connectivity index (χ4v) is 0.539. The van der Waals surface area contributed by atoms with Gasteiger partial charge in [-0.15, -0.1) is 0 Å². The molecule has 0 rings (SSSR count). The van der Waals surface area contributed by atoms with E-state index in [-0.39, 0.29) is 12.8 Å². The zero-order valence-corrected chi connectivity index (χ0v) is 7.93. The van der Waals surface area contributed by atoms with E-state index in [0.29, 0.717) is 12.8 Å². The standard InChI is InChI=1S/C6H10O4.C2H4O3/c7-5(8)3-1-2-4-6(9)10;3-1-2(4)5/h1-4H2,(H,7,8)(H,9,10);3H,1H2,(H,4,5)/p-3. The summed E-state index contributed by atoms with van der Waals surface area (Å²) in [6.07, 6.45) is 0.535. The van der Waals surface area contributed by atoms with Gasteiger partial charge in [0.2, 0.25) is 0 Å². The highest BCUT2D eigenvalue weighted by atomic mass is 16.4. The van der Waals surface area contributed by atoms with E-state index in [2.05, 4.69) is 0 Å². The van der Waals surface area contributed by atoms with Gasteiger partial charge in [0, 0.05) is 11.9 Å². The molecule has 0 aliphatic heterocycles.